The van der Waals surface area contributed by atoms with Crippen LogP contribution in [0.2, 0.25) is 0 Å². The Hall–Kier alpha value is -2.23. The molecular formula is C11H7NO3. The highest BCUT2D eigenvalue weighted by atomic mass is 16.4. The van der Waals surface area contributed by atoms with Gasteiger partial charge in [-0.15, -0.1) is 0 Å². The number of aldehydes is 1. The number of carbonyl (C=O) groups excluding carboxylic acids is 1. The molecule has 0 amide bonds. The Balaban J connectivity index is 2.67. The zero-order chi connectivity index (χ0) is 10.8. The monoisotopic (exact) mass is 201 g/mol. The molecule has 0 atom stereocenters. The van der Waals surface area contributed by atoms with Crippen molar-refractivity contribution in [2.75, 3.05) is 0 Å². The lowest BCUT2D eigenvalue weighted by molar-refractivity contribution is 0.0697. The normalized spacial score (nSPS) is 10.1. The fraction of sp³-hybridized carbons (Fsp3) is 0. The molecule has 2 aromatic rings. The molecule has 0 bridgehead atoms. The molecule has 1 aromatic heterocycles. The number of carboxylic acids is 1. The maximum absolute atomic E-state index is 10.7. The molecule has 4 nitrogen and oxygen atoms in total. The van der Waals surface area contributed by atoms with Crippen LogP contribution in [0.15, 0.2) is 30.3 Å². The Morgan fingerprint density at radius 1 is 1.27 bits per heavy atom. The quantitative estimate of drug-likeness (QED) is 0.751. The van der Waals surface area contributed by atoms with E-state index in [4.69, 9.17) is 5.11 Å². The molecular weight excluding hydrogens is 194 g/mol. The first-order valence-electron chi connectivity index (χ1n) is 4.30. The number of pyridine rings is 1. The van der Waals surface area contributed by atoms with Gasteiger partial charge in [-0.2, -0.15) is 0 Å². The molecule has 1 heterocycles. The Labute approximate surface area is 85.2 Å². The molecule has 0 unspecified atom stereocenters. The van der Waals surface area contributed by atoms with Gasteiger partial charge in [0.15, 0.2) is 6.29 Å². The first-order valence-corrected chi connectivity index (χ1v) is 4.30. The minimum atomic E-state index is -1.00. The Bertz CT molecular complexity index is 549. The van der Waals surface area contributed by atoms with Crippen LogP contribution >= 0.6 is 0 Å². The van der Waals surface area contributed by atoms with Crippen LogP contribution in [0.1, 0.15) is 20.8 Å². The number of carboxylic acid groups (broad SMARTS) is 1. The van der Waals surface area contributed by atoms with Gasteiger partial charge in [0.05, 0.1) is 11.1 Å². The second kappa shape index (κ2) is 3.49. The van der Waals surface area contributed by atoms with Crippen molar-refractivity contribution in [2.24, 2.45) is 0 Å². The summed E-state index contributed by atoms with van der Waals surface area (Å²) in [5, 5.41) is 9.58. The molecule has 1 N–H and O–H groups in total. The number of hydrogen-bond acceptors (Lipinski definition) is 3. The number of carbonyl (C=O) groups is 2. The van der Waals surface area contributed by atoms with Crippen molar-refractivity contribution in [3.8, 4) is 0 Å². The van der Waals surface area contributed by atoms with E-state index >= 15 is 0 Å². The van der Waals surface area contributed by atoms with Crippen LogP contribution in [0.3, 0.4) is 0 Å². The summed E-state index contributed by atoms with van der Waals surface area (Å²) in [4.78, 5) is 25.2. The van der Waals surface area contributed by atoms with Gasteiger partial charge in [-0.1, -0.05) is 12.1 Å². The molecule has 0 aliphatic heterocycles. The van der Waals surface area contributed by atoms with Crippen LogP contribution in [0.4, 0.5) is 0 Å². The van der Waals surface area contributed by atoms with Gasteiger partial charge in [0.2, 0.25) is 0 Å². The van der Waals surface area contributed by atoms with Crippen LogP contribution in [0.5, 0.6) is 0 Å². The van der Waals surface area contributed by atoms with E-state index in [0.717, 1.165) is 5.39 Å². The third-order valence-electron chi connectivity index (χ3n) is 2.08. The zero-order valence-electron chi connectivity index (χ0n) is 7.68. The molecule has 0 radical (unpaired) electrons. The van der Waals surface area contributed by atoms with Gasteiger partial charge in [0.1, 0.15) is 5.69 Å². The minimum Gasteiger partial charge on any atom is -0.478 e. The van der Waals surface area contributed by atoms with E-state index in [2.05, 4.69) is 4.98 Å². The van der Waals surface area contributed by atoms with Crippen molar-refractivity contribution in [2.45, 2.75) is 0 Å². The summed E-state index contributed by atoms with van der Waals surface area (Å²) in [6, 6.07) is 7.95. The number of benzene rings is 1. The van der Waals surface area contributed by atoms with E-state index < -0.39 is 5.97 Å². The van der Waals surface area contributed by atoms with Crippen molar-refractivity contribution in [1.29, 1.82) is 0 Å². The van der Waals surface area contributed by atoms with Crippen LogP contribution < -0.4 is 0 Å². The number of rotatable bonds is 2. The maximum atomic E-state index is 10.7. The van der Waals surface area contributed by atoms with Gasteiger partial charge in [0, 0.05) is 5.39 Å². The average molecular weight is 201 g/mol. The average Bonchev–Trinajstić information content (AvgIpc) is 2.27. The predicted molar refractivity (Wildman–Crippen MR) is 54.1 cm³/mol. The van der Waals surface area contributed by atoms with Crippen LogP contribution in [0, 0.1) is 0 Å². The Morgan fingerprint density at radius 2 is 2.00 bits per heavy atom. The summed E-state index contributed by atoms with van der Waals surface area (Å²) >= 11 is 0. The standard InChI is InChI=1S/C11H7NO3/c13-6-9-4-3-7-1-2-8(11(14)15)5-10(7)12-9/h1-6H,(H,14,15). The molecule has 74 valence electrons. The topological polar surface area (TPSA) is 67.3 Å². The van der Waals surface area contributed by atoms with Gasteiger partial charge >= 0.3 is 5.97 Å². The summed E-state index contributed by atoms with van der Waals surface area (Å²) in [5.74, 6) is -1.00. The maximum Gasteiger partial charge on any atom is 0.335 e. The lowest BCUT2D eigenvalue weighted by Gasteiger charge is -1.99. The van der Waals surface area contributed by atoms with Gasteiger partial charge in [-0.25, -0.2) is 9.78 Å². The summed E-state index contributed by atoms with van der Waals surface area (Å²) in [5.41, 5.74) is 0.975. The second-order valence-electron chi connectivity index (χ2n) is 3.07. The summed E-state index contributed by atoms with van der Waals surface area (Å²) in [7, 11) is 0. The molecule has 0 saturated heterocycles. The van der Waals surface area contributed by atoms with Gasteiger partial charge in [-0.05, 0) is 18.2 Å². The highest BCUT2D eigenvalue weighted by Gasteiger charge is 2.04. The van der Waals surface area contributed by atoms with Crippen molar-refractivity contribution in [1.82, 2.24) is 4.98 Å². The smallest absolute Gasteiger partial charge is 0.335 e. The molecule has 4 heteroatoms. The third kappa shape index (κ3) is 1.69. The summed E-state index contributed by atoms with van der Waals surface area (Å²) < 4.78 is 0. The third-order valence-corrected chi connectivity index (χ3v) is 2.08. The Kier molecular flexibility index (Phi) is 2.17. The summed E-state index contributed by atoms with van der Waals surface area (Å²) in [6.07, 6.45) is 0.632. The van der Waals surface area contributed by atoms with Crippen molar-refractivity contribution in [3.63, 3.8) is 0 Å². The van der Waals surface area contributed by atoms with Crippen LogP contribution in [0.25, 0.3) is 10.9 Å². The first kappa shape index (κ1) is 9.33. The fourth-order valence-electron chi connectivity index (χ4n) is 1.33. The van der Waals surface area contributed by atoms with Crippen molar-refractivity contribution in [3.05, 3.63) is 41.6 Å². The van der Waals surface area contributed by atoms with Crippen LogP contribution in [-0.4, -0.2) is 22.3 Å². The van der Waals surface area contributed by atoms with Crippen molar-refractivity contribution >= 4 is 23.2 Å². The molecule has 0 spiro atoms. The number of nitrogens with zero attached hydrogens (tertiary/aromatic N) is 1. The van der Waals surface area contributed by atoms with E-state index in [1.54, 1.807) is 18.2 Å². The highest BCUT2D eigenvalue weighted by Crippen LogP contribution is 2.14. The van der Waals surface area contributed by atoms with E-state index in [1.165, 1.54) is 12.1 Å². The Morgan fingerprint density at radius 3 is 2.67 bits per heavy atom. The van der Waals surface area contributed by atoms with Crippen LogP contribution in [-0.2, 0) is 0 Å². The van der Waals surface area contributed by atoms with E-state index in [0.29, 0.717) is 17.5 Å². The highest BCUT2D eigenvalue weighted by molar-refractivity contribution is 5.93. The first-order chi connectivity index (χ1) is 7.20. The number of hydrogen-bond donors (Lipinski definition) is 1. The van der Waals surface area contributed by atoms with E-state index in [-0.39, 0.29) is 5.56 Å². The summed E-state index contributed by atoms with van der Waals surface area (Å²) in [6.45, 7) is 0. The lowest BCUT2D eigenvalue weighted by Crippen LogP contribution is -1.96. The molecule has 0 saturated carbocycles. The SMILES string of the molecule is O=Cc1ccc2ccc(C(=O)O)cc2n1. The van der Waals surface area contributed by atoms with Gasteiger partial charge in [0.25, 0.3) is 0 Å². The number of aromatic carboxylic acids is 1. The van der Waals surface area contributed by atoms with Gasteiger partial charge in [-0.3, -0.25) is 4.79 Å². The minimum absolute atomic E-state index is 0.165. The molecule has 1 aromatic carbocycles. The zero-order valence-corrected chi connectivity index (χ0v) is 7.68. The fourth-order valence-corrected chi connectivity index (χ4v) is 1.33. The van der Waals surface area contributed by atoms with E-state index in [9.17, 15) is 9.59 Å². The number of fused-ring (bicyclic) bond motifs is 1. The van der Waals surface area contributed by atoms with E-state index in [1.807, 2.05) is 0 Å². The molecule has 15 heavy (non-hydrogen) atoms. The number of aromatic nitrogens is 1. The van der Waals surface area contributed by atoms with Gasteiger partial charge < -0.3 is 5.11 Å². The lowest BCUT2D eigenvalue weighted by atomic mass is 10.1. The molecule has 2 rings (SSSR count). The largest absolute Gasteiger partial charge is 0.478 e. The molecule has 0 aliphatic rings. The second-order valence-corrected chi connectivity index (χ2v) is 3.07. The molecule has 0 aliphatic carbocycles. The molecule has 0 fully saturated rings. The predicted octanol–water partition coefficient (Wildman–Crippen LogP) is 1.75. The van der Waals surface area contributed by atoms with Crippen molar-refractivity contribution < 1.29 is 14.7 Å².